The van der Waals surface area contributed by atoms with Crippen molar-refractivity contribution in [2.75, 3.05) is 0 Å². The van der Waals surface area contributed by atoms with Crippen LogP contribution in [0.1, 0.15) is 31.0 Å². The number of rotatable bonds is 4. The molecular formula is C19H22BrNO2S. The highest BCUT2D eigenvalue weighted by atomic mass is 79.9. The van der Waals surface area contributed by atoms with E-state index in [9.17, 15) is 8.42 Å². The summed E-state index contributed by atoms with van der Waals surface area (Å²) in [6.45, 7) is 6.09. The summed E-state index contributed by atoms with van der Waals surface area (Å²) in [6.07, 6.45) is 0. The predicted molar refractivity (Wildman–Crippen MR) is 101 cm³/mol. The van der Waals surface area contributed by atoms with E-state index in [0.29, 0.717) is 4.90 Å². The molecule has 3 rings (SSSR count). The standard InChI is InChI=1S/C19H22BrNO2S/c1-13(2)18-17(20)19(15-7-5-4-6-8-15)21(18)24(22,23)16-11-9-14(3)10-12-16/h4-13,17-19H,1-3H3/t17-,18+,19+/m1/s1. The first-order chi connectivity index (χ1) is 11.3. The molecular weight excluding hydrogens is 386 g/mol. The van der Waals surface area contributed by atoms with Gasteiger partial charge in [0.2, 0.25) is 10.0 Å². The maximum Gasteiger partial charge on any atom is 0.243 e. The molecule has 0 amide bonds. The van der Waals surface area contributed by atoms with Gasteiger partial charge in [0.1, 0.15) is 0 Å². The summed E-state index contributed by atoms with van der Waals surface area (Å²) in [7, 11) is -3.54. The van der Waals surface area contributed by atoms with Crippen LogP contribution in [0.4, 0.5) is 0 Å². The molecule has 0 saturated carbocycles. The molecule has 0 spiro atoms. The van der Waals surface area contributed by atoms with E-state index in [1.807, 2.05) is 49.4 Å². The Morgan fingerprint density at radius 3 is 2.12 bits per heavy atom. The van der Waals surface area contributed by atoms with Crippen LogP contribution in [0.5, 0.6) is 0 Å². The third-order valence-corrected chi connectivity index (χ3v) is 7.55. The predicted octanol–water partition coefficient (Wildman–Crippen LogP) is 4.53. The van der Waals surface area contributed by atoms with Crippen molar-refractivity contribution in [2.24, 2.45) is 5.92 Å². The fraction of sp³-hybridized carbons (Fsp3) is 0.368. The van der Waals surface area contributed by atoms with Crippen LogP contribution in [0.25, 0.3) is 0 Å². The molecule has 0 radical (unpaired) electrons. The van der Waals surface area contributed by atoms with Crippen molar-refractivity contribution in [3.63, 3.8) is 0 Å². The van der Waals surface area contributed by atoms with Gasteiger partial charge >= 0.3 is 0 Å². The van der Waals surface area contributed by atoms with E-state index < -0.39 is 10.0 Å². The normalized spacial score (nSPS) is 24.8. The second-order valence-corrected chi connectivity index (χ2v) is 9.58. The molecule has 3 nitrogen and oxygen atoms in total. The second-order valence-electron chi connectivity index (χ2n) is 6.68. The molecule has 3 atom stereocenters. The molecule has 0 unspecified atom stereocenters. The largest absolute Gasteiger partial charge is 0.243 e. The molecule has 1 fully saturated rings. The Balaban J connectivity index is 2.05. The number of hydrogen-bond acceptors (Lipinski definition) is 2. The molecule has 2 aromatic carbocycles. The van der Waals surface area contributed by atoms with Gasteiger partial charge in [0.25, 0.3) is 0 Å². The lowest BCUT2D eigenvalue weighted by atomic mass is 9.84. The van der Waals surface area contributed by atoms with Gasteiger partial charge in [0, 0.05) is 6.04 Å². The van der Waals surface area contributed by atoms with Crippen LogP contribution in [0.3, 0.4) is 0 Å². The van der Waals surface area contributed by atoms with Gasteiger partial charge in [-0.2, -0.15) is 4.31 Å². The maximum absolute atomic E-state index is 13.3. The number of alkyl halides is 1. The Kier molecular flexibility index (Phi) is 4.87. The van der Waals surface area contributed by atoms with Crippen molar-refractivity contribution >= 4 is 26.0 Å². The van der Waals surface area contributed by atoms with E-state index in [1.165, 1.54) is 0 Å². The SMILES string of the molecule is Cc1ccc(S(=O)(=O)N2[C@@H](c3ccccc3)[C@H](Br)[C@@H]2C(C)C)cc1. The first kappa shape index (κ1) is 17.6. The summed E-state index contributed by atoms with van der Waals surface area (Å²) >= 11 is 3.74. The fourth-order valence-electron chi connectivity index (χ4n) is 3.34. The van der Waals surface area contributed by atoms with E-state index in [1.54, 1.807) is 16.4 Å². The Bertz CT molecular complexity index is 803. The third-order valence-electron chi connectivity index (χ3n) is 4.62. The first-order valence-corrected chi connectivity index (χ1v) is 10.5. The Hall–Kier alpha value is -1.17. The van der Waals surface area contributed by atoms with Crippen molar-refractivity contribution in [2.45, 2.75) is 42.6 Å². The average molecular weight is 408 g/mol. The lowest BCUT2D eigenvalue weighted by molar-refractivity contribution is 0.0888. The molecule has 1 heterocycles. The molecule has 1 saturated heterocycles. The minimum atomic E-state index is -3.54. The van der Waals surface area contributed by atoms with E-state index in [2.05, 4.69) is 29.8 Å². The molecule has 0 aliphatic carbocycles. The number of aryl methyl sites for hydroxylation is 1. The minimum Gasteiger partial charge on any atom is -0.207 e. The molecule has 0 bridgehead atoms. The molecule has 0 N–H and O–H groups in total. The van der Waals surface area contributed by atoms with Gasteiger partial charge in [-0.05, 0) is 30.5 Å². The summed E-state index contributed by atoms with van der Waals surface area (Å²) in [5.74, 6) is 0.231. The highest BCUT2D eigenvalue weighted by Crippen LogP contribution is 2.49. The van der Waals surface area contributed by atoms with Gasteiger partial charge in [-0.3, -0.25) is 0 Å². The Labute approximate surface area is 152 Å². The lowest BCUT2D eigenvalue weighted by Gasteiger charge is -2.53. The van der Waals surface area contributed by atoms with Gasteiger partial charge in [-0.1, -0.05) is 77.8 Å². The zero-order chi connectivity index (χ0) is 17.5. The van der Waals surface area contributed by atoms with Crippen molar-refractivity contribution < 1.29 is 8.42 Å². The number of halogens is 1. The second kappa shape index (κ2) is 6.62. The van der Waals surface area contributed by atoms with Crippen LogP contribution in [0.15, 0.2) is 59.5 Å². The van der Waals surface area contributed by atoms with Gasteiger partial charge in [0.15, 0.2) is 0 Å². The Morgan fingerprint density at radius 2 is 1.58 bits per heavy atom. The van der Waals surface area contributed by atoms with Crippen LogP contribution < -0.4 is 0 Å². The first-order valence-electron chi connectivity index (χ1n) is 8.13. The monoisotopic (exact) mass is 407 g/mol. The van der Waals surface area contributed by atoms with Crippen LogP contribution in [-0.4, -0.2) is 23.6 Å². The molecule has 1 aliphatic rings. The topological polar surface area (TPSA) is 37.4 Å². The van der Waals surface area contributed by atoms with E-state index in [4.69, 9.17) is 0 Å². The highest BCUT2D eigenvalue weighted by molar-refractivity contribution is 9.09. The number of sulfonamides is 1. The van der Waals surface area contributed by atoms with Gasteiger partial charge < -0.3 is 0 Å². The summed E-state index contributed by atoms with van der Waals surface area (Å²) < 4.78 is 28.2. The van der Waals surface area contributed by atoms with Crippen LogP contribution >= 0.6 is 15.9 Å². The Morgan fingerprint density at radius 1 is 1.00 bits per heavy atom. The van der Waals surface area contributed by atoms with Gasteiger partial charge in [0.05, 0.1) is 15.8 Å². The van der Waals surface area contributed by atoms with Crippen molar-refractivity contribution in [3.8, 4) is 0 Å². The number of nitrogens with zero attached hydrogens (tertiary/aromatic N) is 1. The summed E-state index contributed by atoms with van der Waals surface area (Å²) in [6, 6.07) is 16.7. The summed E-state index contributed by atoms with van der Waals surface area (Å²) in [4.78, 5) is 0.471. The van der Waals surface area contributed by atoms with Crippen LogP contribution in [0.2, 0.25) is 0 Å². The molecule has 5 heteroatoms. The minimum absolute atomic E-state index is 0.0542. The smallest absolute Gasteiger partial charge is 0.207 e. The van der Waals surface area contributed by atoms with Crippen LogP contribution in [-0.2, 0) is 10.0 Å². The van der Waals surface area contributed by atoms with E-state index >= 15 is 0 Å². The van der Waals surface area contributed by atoms with Crippen molar-refractivity contribution in [3.05, 3.63) is 65.7 Å². The van der Waals surface area contributed by atoms with Gasteiger partial charge in [-0.15, -0.1) is 0 Å². The molecule has 0 aromatic heterocycles. The molecule has 128 valence electrons. The zero-order valence-corrected chi connectivity index (χ0v) is 16.5. The fourth-order valence-corrected chi connectivity index (χ4v) is 7.04. The summed E-state index contributed by atoms with van der Waals surface area (Å²) in [5.41, 5.74) is 2.07. The highest BCUT2D eigenvalue weighted by Gasteiger charge is 2.54. The van der Waals surface area contributed by atoms with E-state index in [-0.39, 0.29) is 22.8 Å². The van der Waals surface area contributed by atoms with Gasteiger partial charge in [-0.25, -0.2) is 8.42 Å². The summed E-state index contributed by atoms with van der Waals surface area (Å²) in [5, 5.41) is 0. The number of hydrogen-bond donors (Lipinski definition) is 0. The van der Waals surface area contributed by atoms with E-state index in [0.717, 1.165) is 11.1 Å². The molecule has 2 aromatic rings. The average Bonchev–Trinajstić information content (AvgIpc) is 2.53. The number of benzene rings is 2. The van der Waals surface area contributed by atoms with Crippen molar-refractivity contribution in [1.29, 1.82) is 0 Å². The van der Waals surface area contributed by atoms with Crippen molar-refractivity contribution in [1.82, 2.24) is 4.31 Å². The quantitative estimate of drug-likeness (QED) is 0.698. The van der Waals surface area contributed by atoms with Crippen LogP contribution in [0, 0.1) is 12.8 Å². The maximum atomic E-state index is 13.3. The zero-order valence-electron chi connectivity index (χ0n) is 14.1. The molecule has 1 aliphatic heterocycles. The third kappa shape index (κ3) is 2.93. The lowest BCUT2D eigenvalue weighted by Crippen LogP contribution is -2.63. The molecule has 24 heavy (non-hydrogen) atoms.